The van der Waals surface area contributed by atoms with E-state index in [9.17, 15) is 19.2 Å². The van der Waals surface area contributed by atoms with Crippen molar-refractivity contribution in [3.8, 4) is 0 Å². The number of halogens is 1. The normalized spacial score (nSPS) is 15.5. The molecule has 0 spiro atoms. The number of nitrogens with zero attached hydrogens (tertiary/aromatic N) is 2. The highest BCUT2D eigenvalue weighted by Crippen LogP contribution is 2.34. The standard InChI is InChI=1S/C32H27ClN2O4/c1-21(36)35(25-16-12-23(13-17-25)28(37)18-11-22-9-14-24(33)15-10-22)30-29(34-19-5-2-6-20-34)31(38)26-7-3-4-8-27(26)32(30)39/h3-4,7-18H,2,5-6,19-20H2,1H3/b18-11+. The van der Waals surface area contributed by atoms with Crippen molar-refractivity contribution in [1.82, 2.24) is 4.90 Å². The van der Waals surface area contributed by atoms with Crippen molar-refractivity contribution in [3.05, 3.63) is 118 Å². The van der Waals surface area contributed by atoms with Crippen LogP contribution in [0.15, 0.2) is 90.3 Å². The first-order valence-electron chi connectivity index (χ1n) is 12.9. The van der Waals surface area contributed by atoms with Crippen molar-refractivity contribution in [3.63, 3.8) is 0 Å². The number of likely N-dealkylation sites (tertiary alicyclic amines) is 1. The summed E-state index contributed by atoms with van der Waals surface area (Å²) in [6.07, 6.45) is 6.03. The van der Waals surface area contributed by atoms with E-state index in [-0.39, 0.29) is 34.3 Å². The maximum atomic E-state index is 13.8. The molecule has 0 atom stereocenters. The van der Waals surface area contributed by atoms with Crippen LogP contribution in [0.3, 0.4) is 0 Å². The second kappa shape index (κ2) is 11.2. The Labute approximate surface area is 232 Å². The molecule has 1 aliphatic carbocycles. The van der Waals surface area contributed by atoms with Gasteiger partial charge in [0.1, 0.15) is 11.4 Å². The minimum atomic E-state index is -0.401. The highest BCUT2D eigenvalue weighted by Gasteiger charge is 2.39. The van der Waals surface area contributed by atoms with Gasteiger partial charge in [0.2, 0.25) is 17.5 Å². The number of carbonyl (C=O) groups is 4. The predicted octanol–water partition coefficient (Wildman–Crippen LogP) is 6.37. The maximum Gasteiger partial charge on any atom is 0.228 e. The van der Waals surface area contributed by atoms with E-state index in [1.54, 1.807) is 66.7 Å². The zero-order valence-corrected chi connectivity index (χ0v) is 22.3. The first-order valence-corrected chi connectivity index (χ1v) is 13.3. The lowest BCUT2D eigenvalue weighted by atomic mass is 9.88. The van der Waals surface area contributed by atoms with Crippen molar-refractivity contribution >= 4 is 46.6 Å². The molecule has 1 fully saturated rings. The molecule has 2 aliphatic rings. The lowest BCUT2D eigenvalue weighted by Crippen LogP contribution is -2.43. The Morgan fingerprint density at radius 3 is 2.05 bits per heavy atom. The van der Waals surface area contributed by atoms with Crippen LogP contribution in [0.1, 0.15) is 62.8 Å². The molecule has 1 amide bonds. The lowest BCUT2D eigenvalue weighted by molar-refractivity contribution is -0.116. The number of allylic oxidation sites excluding steroid dienone is 3. The van der Waals surface area contributed by atoms with Crippen molar-refractivity contribution < 1.29 is 19.2 Å². The van der Waals surface area contributed by atoms with Crippen LogP contribution in [0.5, 0.6) is 0 Å². The number of hydrogen-bond acceptors (Lipinski definition) is 5. The van der Waals surface area contributed by atoms with Gasteiger partial charge in [0.05, 0.1) is 0 Å². The number of rotatable bonds is 6. The molecule has 39 heavy (non-hydrogen) atoms. The molecule has 3 aromatic rings. The van der Waals surface area contributed by atoms with E-state index < -0.39 is 5.91 Å². The summed E-state index contributed by atoms with van der Waals surface area (Å²) in [5, 5.41) is 0.615. The fourth-order valence-electron chi connectivity index (χ4n) is 5.05. The fraction of sp³-hybridized carbons (Fsp3) is 0.188. The van der Waals surface area contributed by atoms with Crippen LogP contribution in [-0.2, 0) is 4.79 Å². The molecule has 3 aromatic carbocycles. The van der Waals surface area contributed by atoms with Gasteiger partial charge in [0, 0.05) is 47.4 Å². The average molecular weight is 539 g/mol. The number of fused-ring (bicyclic) bond motifs is 1. The van der Waals surface area contributed by atoms with Crippen molar-refractivity contribution in [1.29, 1.82) is 0 Å². The van der Waals surface area contributed by atoms with Gasteiger partial charge in [-0.2, -0.15) is 0 Å². The van der Waals surface area contributed by atoms with Gasteiger partial charge >= 0.3 is 0 Å². The molecule has 5 rings (SSSR count). The van der Waals surface area contributed by atoms with Crippen LogP contribution in [-0.4, -0.2) is 41.2 Å². The number of anilines is 1. The Hall–Kier alpha value is -4.29. The quantitative estimate of drug-likeness (QED) is 0.269. The monoisotopic (exact) mass is 538 g/mol. The summed E-state index contributed by atoms with van der Waals surface area (Å²) < 4.78 is 0. The number of ketones is 3. The second-order valence-electron chi connectivity index (χ2n) is 9.60. The van der Waals surface area contributed by atoms with E-state index in [2.05, 4.69) is 0 Å². The van der Waals surface area contributed by atoms with Crippen LogP contribution in [0.2, 0.25) is 5.02 Å². The van der Waals surface area contributed by atoms with Crippen LogP contribution in [0.25, 0.3) is 6.08 Å². The van der Waals surface area contributed by atoms with Crippen LogP contribution in [0.4, 0.5) is 5.69 Å². The molecule has 1 aliphatic heterocycles. The first kappa shape index (κ1) is 26.3. The molecule has 0 N–H and O–H groups in total. The van der Waals surface area contributed by atoms with Crippen LogP contribution < -0.4 is 4.90 Å². The number of carbonyl (C=O) groups excluding carboxylic acids is 4. The van der Waals surface area contributed by atoms with Crippen molar-refractivity contribution in [2.45, 2.75) is 26.2 Å². The van der Waals surface area contributed by atoms with Gasteiger partial charge in [0.15, 0.2) is 5.78 Å². The minimum Gasteiger partial charge on any atom is -0.367 e. The Balaban J connectivity index is 1.52. The average Bonchev–Trinajstić information content (AvgIpc) is 2.96. The summed E-state index contributed by atoms with van der Waals surface area (Å²) in [4.78, 5) is 56.7. The molecule has 0 saturated carbocycles. The molecule has 196 valence electrons. The number of hydrogen-bond donors (Lipinski definition) is 0. The Kier molecular flexibility index (Phi) is 7.57. The van der Waals surface area contributed by atoms with Gasteiger partial charge in [-0.05, 0) is 67.3 Å². The zero-order chi connectivity index (χ0) is 27.5. The van der Waals surface area contributed by atoms with Gasteiger partial charge < -0.3 is 4.90 Å². The molecule has 1 saturated heterocycles. The Morgan fingerprint density at radius 1 is 0.821 bits per heavy atom. The van der Waals surface area contributed by atoms with Crippen molar-refractivity contribution in [2.24, 2.45) is 0 Å². The molecule has 7 heteroatoms. The highest BCUT2D eigenvalue weighted by molar-refractivity contribution is 6.30. The third-order valence-electron chi connectivity index (χ3n) is 6.99. The minimum absolute atomic E-state index is 0.0646. The van der Waals surface area contributed by atoms with Gasteiger partial charge in [-0.25, -0.2) is 0 Å². The van der Waals surface area contributed by atoms with E-state index in [4.69, 9.17) is 11.6 Å². The van der Waals surface area contributed by atoms with Gasteiger partial charge in [0.25, 0.3) is 0 Å². The lowest BCUT2D eigenvalue weighted by Gasteiger charge is -2.36. The number of benzene rings is 3. The van der Waals surface area contributed by atoms with Crippen LogP contribution in [0, 0.1) is 0 Å². The van der Waals surface area contributed by atoms with E-state index in [0.717, 1.165) is 24.8 Å². The number of piperidine rings is 1. The third-order valence-corrected chi connectivity index (χ3v) is 7.24. The maximum absolute atomic E-state index is 13.8. The zero-order valence-electron chi connectivity index (χ0n) is 21.5. The van der Waals surface area contributed by atoms with Crippen LogP contribution >= 0.6 is 11.6 Å². The topological polar surface area (TPSA) is 74.8 Å². The predicted molar refractivity (Wildman–Crippen MR) is 152 cm³/mol. The molecular formula is C32H27ClN2O4. The third kappa shape index (κ3) is 5.33. The molecule has 0 unspecified atom stereocenters. The highest BCUT2D eigenvalue weighted by atomic mass is 35.5. The number of Topliss-reactive ketones (excluding diaryl/α,β-unsaturated/α-hetero) is 2. The molecular weight excluding hydrogens is 512 g/mol. The van der Waals surface area contributed by atoms with E-state index in [0.29, 0.717) is 34.9 Å². The van der Waals surface area contributed by atoms with Gasteiger partial charge in [-0.15, -0.1) is 0 Å². The summed E-state index contributed by atoms with van der Waals surface area (Å²) in [5.41, 5.74) is 2.63. The first-order chi connectivity index (χ1) is 18.8. The molecule has 0 radical (unpaired) electrons. The summed E-state index contributed by atoms with van der Waals surface area (Å²) in [7, 11) is 0. The number of amides is 1. The summed E-state index contributed by atoms with van der Waals surface area (Å²) in [6, 6.07) is 20.3. The summed E-state index contributed by atoms with van der Waals surface area (Å²) in [5.74, 6) is -1.24. The van der Waals surface area contributed by atoms with Gasteiger partial charge in [-0.1, -0.05) is 54.1 Å². The Bertz CT molecular complexity index is 1510. The largest absolute Gasteiger partial charge is 0.367 e. The molecule has 1 heterocycles. The molecule has 0 bridgehead atoms. The second-order valence-corrected chi connectivity index (χ2v) is 10.0. The summed E-state index contributed by atoms with van der Waals surface area (Å²) in [6.45, 7) is 2.64. The SMILES string of the molecule is CC(=O)N(C1=C(N2CCCCC2)C(=O)c2ccccc2C1=O)c1ccc(C(=O)/C=C/c2ccc(Cl)cc2)cc1. The smallest absolute Gasteiger partial charge is 0.228 e. The van der Waals surface area contributed by atoms with E-state index in [1.807, 2.05) is 17.0 Å². The van der Waals surface area contributed by atoms with E-state index in [1.165, 1.54) is 17.9 Å². The summed E-state index contributed by atoms with van der Waals surface area (Å²) >= 11 is 5.92. The Morgan fingerprint density at radius 2 is 1.44 bits per heavy atom. The van der Waals surface area contributed by atoms with Crippen molar-refractivity contribution in [2.75, 3.05) is 18.0 Å². The fourth-order valence-corrected chi connectivity index (χ4v) is 5.18. The molecule has 0 aromatic heterocycles. The van der Waals surface area contributed by atoms with E-state index >= 15 is 0 Å². The molecule has 6 nitrogen and oxygen atoms in total. The van der Waals surface area contributed by atoms with Gasteiger partial charge in [-0.3, -0.25) is 24.1 Å².